The van der Waals surface area contributed by atoms with E-state index < -0.39 is 28.5 Å². The monoisotopic (exact) mass is 721 g/mol. The smallest absolute Gasteiger partial charge is 0.264 e. The Balaban J connectivity index is 1.83. The Morgan fingerprint density at radius 1 is 0.809 bits per heavy atom. The summed E-state index contributed by atoms with van der Waals surface area (Å²) in [5.41, 5.74) is 1.83. The van der Waals surface area contributed by atoms with Crippen molar-refractivity contribution >= 4 is 43.5 Å². The van der Waals surface area contributed by atoms with Crippen molar-refractivity contribution < 1.29 is 27.5 Å². The van der Waals surface area contributed by atoms with E-state index in [0.717, 1.165) is 19.9 Å². The summed E-state index contributed by atoms with van der Waals surface area (Å²) in [7, 11) is -1.32. The van der Waals surface area contributed by atoms with Crippen molar-refractivity contribution in [3.05, 3.63) is 119 Å². The fourth-order valence-corrected chi connectivity index (χ4v) is 6.91. The predicted octanol–water partition coefficient (Wildman–Crippen LogP) is 6.07. The van der Waals surface area contributed by atoms with Crippen molar-refractivity contribution in [2.75, 3.05) is 31.6 Å². The number of hydrogen-bond donors (Lipinski definition) is 1. The summed E-state index contributed by atoms with van der Waals surface area (Å²) in [5, 5.41) is 3.00. The lowest BCUT2D eigenvalue weighted by Crippen LogP contribution is -2.53. The van der Waals surface area contributed by atoms with E-state index in [1.807, 2.05) is 68.4 Å². The third-order valence-electron chi connectivity index (χ3n) is 7.46. The maximum atomic E-state index is 14.6. The molecule has 0 aromatic heterocycles. The maximum Gasteiger partial charge on any atom is 0.264 e. The average Bonchev–Trinajstić information content (AvgIpc) is 3.08. The van der Waals surface area contributed by atoms with Gasteiger partial charge in [0, 0.05) is 30.0 Å². The molecule has 0 heterocycles. The molecule has 0 aliphatic carbocycles. The number of sulfonamides is 1. The number of benzene rings is 4. The second-order valence-electron chi connectivity index (χ2n) is 11.4. The van der Waals surface area contributed by atoms with Gasteiger partial charge in [0.2, 0.25) is 11.8 Å². The van der Waals surface area contributed by atoms with Gasteiger partial charge in [-0.25, -0.2) is 8.42 Å². The first-order valence-corrected chi connectivity index (χ1v) is 17.4. The highest BCUT2D eigenvalue weighted by molar-refractivity contribution is 9.10. The van der Waals surface area contributed by atoms with Crippen molar-refractivity contribution in [1.82, 2.24) is 10.2 Å². The quantitative estimate of drug-likeness (QED) is 0.160. The number of carbonyl (C=O) groups excluding carboxylic acids is 2. The number of anilines is 1. The SMILES string of the molecule is COc1ccc(N(CC(=O)N(Cc2cccc(Br)c2)[C@@H](Cc2ccccc2)C(=O)NCC(C)C)S(=O)(=O)c2ccccc2)cc1OC. The highest BCUT2D eigenvalue weighted by Crippen LogP contribution is 2.34. The Bertz CT molecular complexity index is 1750. The van der Waals surface area contributed by atoms with Crippen LogP contribution >= 0.6 is 15.9 Å². The van der Waals surface area contributed by atoms with Gasteiger partial charge in [-0.2, -0.15) is 0 Å². The zero-order valence-electron chi connectivity index (χ0n) is 26.9. The molecule has 0 radical (unpaired) electrons. The lowest BCUT2D eigenvalue weighted by Gasteiger charge is -2.34. The Labute approximate surface area is 285 Å². The van der Waals surface area contributed by atoms with Crippen LogP contribution in [0.3, 0.4) is 0 Å². The first kappa shape index (κ1) is 35.5. The molecule has 0 saturated carbocycles. The van der Waals surface area contributed by atoms with Gasteiger partial charge in [-0.3, -0.25) is 13.9 Å². The number of methoxy groups -OCH3 is 2. The molecule has 248 valence electrons. The van der Waals surface area contributed by atoms with E-state index in [-0.39, 0.29) is 35.4 Å². The molecule has 4 aromatic rings. The van der Waals surface area contributed by atoms with Crippen molar-refractivity contribution in [3.63, 3.8) is 0 Å². The van der Waals surface area contributed by atoms with Crippen LogP contribution in [0.5, 0.6) is 11.5 Å². The van der Waals surface area contributed by atoms with Gasteiger partial charge in [-0.1, -0.05) is 90.4 Å². The van der Waals surface area contributed by atoms with E-state index in [4.69, 9.17) is 9.47 Å². The summed E-state index contributed by atoms with van der Waals surface area (Å²) in [6.07, 6.45) is 0.228. The molecule has 47 heavy (non-hydrogen) atoms. The van der Waals surface area contributed by atoms with E-state index >= 15 is 0 Å². The summed E-state index contributed by atoms with van der Waals surface area (Å²) in [4.78, 5) is 30.0. The number of hydrogen-bond acceptors (Lipinski definition) is 6. The Hall–Kier alpha value is -4.35. The van der Waals surface area contributed by atoms with Gasteiger partial charge in [-0.15, -0.1) is 0 Å². The molecule has 0 bridgehead atoms. The Morgan fingerprint density at radius 2 is 1.45 bits per heavy atom. The topological polar surface area (TPSA) is 105 Å². The first-order chi connectivity index (χ1) is 22.5. The van der Waals surface area contributed by atoms with Gasteiger partial charge in [0.15, 0.2) is 11.5 Å². The Kier molecular flexibility index (Phi) is 12.4. The molecule has 11 heteroatoms. The molecule has 4 rings (SSSR count). The van der Waals surface area contributed by atoms with Crippen LogP contribution in [0, 0.1) is 5.92 Å². The number of halogens is 1. The van der Waals surface area contributed by atoms with Crippen molar-refractivity contribution in [1.29, 1.82) is 0 Å². The minimum absolute atomic E-state index is 0.0108. The molecule has 0 saturated heterocycles. The molecular weight excluding hydrogens is 682 g/mol. The van der Waals surface area contributed by atoms with Crippen molar-refractivity contribution in [2.24, 2.45) is 5.92 Å². The second kappa shape index (κ2) is 16.5. The van der Waals surface area contributed by atoms with Gasteiger partial charge < -0.3 is 19.7 Å². The van der Waals surface area contributed by atoms with E-state index in [2.05, 4.69) is 21.2 Å². The largest absolute Gasteiger partial charge is 0.493 e. The van der Waals surface area contributed by atoms with Gasteiger partial charge in [0.1, 0.15) is 12.6 Å². The van der Waals surface area contributed by atoms with Crippen LogP contribution < -0.4 is 19.1 Å². The Morgan fingerprint density at radius 3 is 2.06 bits per heavy atom. The maximum absolute atomic E-state index is 14.6. The molecular formula is C36H40BrN3O6S. The van der Waals surface area contributed by atoms with Gasteiger partial charge in [0.25, 0.3) is 10.0 Å². The number of nitrogens with zero attached hydrogens (tertiary/aromatic N) is 2. The molecule has 0 aliphatic heterocycles. The number of nitrogens with one attached hydrogen (secondary N) is 1. The standard InChI is InChI=1S/C36H40BrN3O6S/c1-26(2)23-38-36(42)32(21-27-12-7-5-8-13-27)39(24-28-14-11-15-29(37)20-28)35(41)25-40(47(43,44)31-16-9-6-10-17-31)30-18-19-33(45-3)34(22-30)46-4/h5-20,22,26,32H,21,23-25H2,1-4H3,(H,38,42)/t32-/m0/s1. The summed E-state index contributed by atoms with van der Waals surface area (Å²) < 4.78 is 41.1. The zero-order chi connectivity index (χ0) is 34.0. The van der Waals surface area contributed by atoms with Crippen LogP contribution in [0.2, 0.25) is 0 Å². The number of ether oxygens (including phenoxy) is 2. The van der Waals surface area contributed by atoms with Crippen LogP contribution in [-0.2, 0) is 32.6 Å². The number of rotatable bonds is 15. The minimum atomic E-state index is -4.25. The molecule has 0 aliphatic rings. The van der Waals surface area contributed by atoms with E-state index in [1.54, 1.807) is 30.3 Å². The fourth-order valence-electron chi connectivity index (χ4n) is 5.04. The molecule has 9 nitrogen and oxygen atoms in total. The predicted molar refractivity (Wildman–Crippen MR) is 187 cm³/mol. The third-order valence-corrected chi connectivity index (χ3v) is 9.74. The van der Waals surface area contributed by atoms with Crippen LogP contribution in [0.25, 0.3) is 0 Å². The minimum Gasteiger partial charge on any atom is -0.493 e. The van der Waals surface area contributed by atoms with Gasteiger partial charge >= 0.3 is 0 Å². The van der Waals surface area contributed by atoms with Crippen molar-refractivity contribution in [3.8, 4) is 11.5 Å². The molecule has 2 amide bonds. The summed E-state index contributed by atoms with van der Waals surface area (Å²) >= 11 is 3.51. The molecule has 0 fully saturated rings. The van der Waals surface area contributed by atoms with Crippen molar-refractivity contribution in [2.45, 2.75) is 37.8 Å². The lowest BCUT2D eigenvalue weighted by atomic mass is 10.0. The average molecular weight is 723 g/mol. The van der Waals surface area contributed by atoms with E-state index in [1.165, 1.54) is 37.3 Å². The zero-order valence-corrected chi connectivity index (χ0v) is 29.3. The molecule has 0 unspecified atom stereocenters. The van der Waals surface area contributed by atoms with Crippen LogP contribution in [0.4, 0.5) is 5.69 Å². The number of carbonyl (C=O) groups is 2. The lowest BCUT2D eigenvalue weighted by molar-refractivity contribution is -0.140. The summed E-state index contributed by atoms with van der Waals surface area (Å²) in [6.45, 7) is 3.89. The van der Waals surface area contributed by atoms with E-state index in [9.17, 15) is 18.0 Å². The number of amides is 2. The fraction of sp³-hybridized carbons (Fsp3) is 0.278. The normalized spacial score (nSPS) is 11.9. The van der Waals surface area contributed by atoms with Gasteiger partial charge in [-0.05, 0) is 53.4 Å². The molecule has 1 atom stereocenters. The van der Waals surface area contributed by atoms with Crippen LogP contribution in [0.15, 0.2) is 112 Å². The van der Waals surface area contributed by atoms with E-state index in [0.29, 0.717) is 18.0 Å². The van der Waals surface area contributed by atoms with Crippen LogP contribution in [-0.4, -0.2) is 58.5 Å². The highest BCUT2D eigenvalue weighted by Gasteiger charge is 2.35. The highest BCUT2D eigenvalue weighted by atomic mass is 79.9. The molecule has 0 spiro atoms. The van der Waals surface area contributed by atoms with Gasteiger partial charge in [0.05, 0.1) is 24.8 Å². The first-order valence-electron chi connectivity index (χ1n) is 15.2. The second-order valence-corrected chi connectivity index (χ2v) is 14.1. The summed E-state index contributed by atoms with van der Waals surface area (Å²) in [6, 6.07) is 28.6. The van der Waals surface area contributed by atoms with Crippen LogP contribution in [0.1, 0.15) is 25.0 Å². The summed E-state index contributed by atoms with van der Waals surface area (Å²) in [5.74, 6) is 0.00359. The molecule has 4 aromatic carbocycles. The molecule has 1 N–H and O–H groups in total. The third kappa shape index (κ3) is 9.36.